The molecule has 0 aromatic heterocycles. The Morgan fingerprint density at radius 3 is 2.13 bits per heavy atom. The molecule has 0 saturated carbocycles. The van der Waals surface area contributed by atoms with Crippen molar-refractivity contribution >= 4 is 27.4 Å². The number of methoxy groups -OCH3 is 2. The van der Waals surface area contributed by atoms with Crippen LogP contribution in [-0.4, -0.2) is 28.7 Å². The summed E-state index contributed by atoms with van der Waals surface area (Å²) >= 11 is 0. The molecule has 1 aliphatic heterocycles. The second-order valence-corrected chi connectivity index (χ2v) is 8.56. The predicted octanol–water partition coefficient (Wildman–Crippen LogP) is 4.18. The summed E-state index contributed by atoms with van der Waals surface area (Å²) in [5, 5.41) is 0. The monoisotopic (exact) mass is 442 g/mol. The maximum Gasteiger partial charge on any atom is 0.343 e. The van der Waals surface area contributed by atoms with E-state index in [4.69, 9.17) is 9.47 Å². The summed E-state index contributed by atoms with van der Waals surface area (Å²) < 4.78 is 51.3. The van der Waals surface area contributed by atoms with Crippen molar-refractivity contribution in [2.75, 3.05) is 23.4 Å². The number of hydrogen-bond acceptors (Lipinski definition) is 5. The van der Waals surface area contributed by atoms with Gasteiger partial charge in [0.15, 0.2) is 0 Å². The van der Waals surface area contributed by atoms with Crippen molar-refractivity contribution < 1.29 is 27.1 Å². The van der Waals surface area contributed by atoms with E-state index in [2.05, 4.69) is 0 Å². The van der Waals surface area contributed by atoms with E-state index in [9.17, 15) is 17.6 Å². The Kier molecular flexibility index (Phi) is 5.28. The number of benzene rings is 3. The fourth-order valence-corrected chi connectivity index (χ4v) is 4.97. The molecule has 1 heterocycles. The van der Waals surface area contributed by atoms with Crippen LogP contribution in [0.5, 0.6) is 11.5 Å². The molecule has 4 rings (SSSR count). The molecular weight excluding hydrogens is 423 g/mol. The third-order valence-corrected chi connectivity index (χ3v) is 6.65. The van der Waals surface area contributed by atoms with E-state index in [1.165, 1.54) is 49.5 Å². The number of hydrogen-bond donors (Lipinski definition) is 0. The number of urea groups is 1. The SMILES string of the molecule is COc1cc(OC)cc(N2C(=O)N(Cc3ccc(F)cc3)c3ccccc3S2(=O)=O)c1. The van der Waals surface area contributed by atoms with Crippen LogP contribution in [0.3, 0.4) is 0 Å². The summed E-state index contributed by atoms with van der Waals surface area (Å²) in [5.41, 5.74) is 0.981. The Hall–Kier alpha value is -3.59. The lowest BCUT2D eigenvalue weighted by atomic mass is 10.2. The molecule has 31 heavy (non-hydrogen) atoms. The van der Waals surface area contributed by atoms with Crippen molar-refractivity contribution in [3.05, 3.63) is 78.1 Å². The third-order valence-electron chi connectivity index (χ3n) is 4.90. The number of para-hydroxylation sites is 1. The van der Waals surface area contributed by atoms with Crippen LogP contribution in [0.4, 0.5) is 20.6 Å². The molecular formula is C22H19FN2O5S. The molecule has 0 saturated heterocycles. The van der Waals surface area contributed by atoms with Gasteiger partial charge in [0.25, 0.3) is 10.0 Å². The highest BCUT2D eigenvalue weighted by atomic mass is 32.2. The summed E-state index contributed by atoms with van der Waals surface area (Å²) in [6.07, 6.45) is 0. The van der Waals surface area contributed by atoms with E-state index < -0.39 is 21.9 Å². The standard InChI is InChI=1S/C22H19FN2O5S/c1-29-18-11-17(12-19(13-18)30-2)25-22(26)24(14-15-7-9-16(23)10-8-15)20-5-3-4-6-21(20)31(25,27)28/h3-13H,14H2,1-2H3. The van der Waals surface area contributed by atoms with Crippen LogP contribution in [-0.2, 0) is 16.6 Å². The van der Waals surface area contributed by atoms with Crippen molar-refractivity contribution in [2.24, 2.45) is 0 Å². The predicted molar refractivity (Wildman–Crippen MR) is 114 cm³/mol. The highest BCUT2D eigenvalue weighted by molar-refractivity contribution is 7.94. The first kappa shape index (κ1) is 20.7. The van der Waals surface area contributed by atoms with Gasteiger partial charge in [-0.05, 0) is 29.8 Å². The van der Waals surface area contributed by atoms with Crippen molar-refractivity contribution in [3.8, 4) is 11.5 Å². The highest BCUT2D eigenvalue weighted by Crippen LogP contribution is 2.40. The second kappa shape index (κ2) is 7.92. The number of carbonyl (C=O) groups excluding carboxylic acids is 1. The minimum Gasteiger partial charge on any atom is -0.497 e. The van der Waals surface area contributed by atoms with E-state index in [0.29, 0.717) is 17.1 Å². The molecule has 0 atom stereocenters. The van der Waals surface area contributed by atoms with Gasteiger partial charge < -0.3 is 9.47 Å². The summed E-state index contributed by atoms with van der Waals surface area (Å²) in [4.78, 5) is 14.8. The smallest absolute Gasteiger partial charge is 0.343 e. The average Bonchev–Trinajstić information content (AvgIpc) is 2.77. The van der Waals surface area contributed by atoms with Gasteiger partial charge >= 0.3 is 6.03 Å². The normalized spacial score (nSPS) is 14.9. The molecule has 0 bridgehead atoms. The van der Waals surface area contributed by atoms with Gasteiger partial charge in [0.05, 0.1) is 32.1 Å². The minimum atomic E-state index is -4.20. The van der Waals surface area contributed by atoms with E-state index in [1.54, 1.807) is 36.4 Å². The quantitative estimate of drug-likeness (QED) is 0.593. The number of ether oxygens (including phenoxy) is 2. The first-order chi connectivity index (χ1) is 14.8. The Balaban J connectivity index is 1.87. The van der Waals surface area contributed by atoms with E-state index in [0.717, 1.165) is 4.31 Å². The summed E-state index contributed by atoms with van der Waals surface area (Å²) in [6.45, 7) is 0.0588. The van der Waals surface area contributed by atoms with Gasteiger partial charge in [-0.3, -0.25) is 4.90 Å². The van der Waals surface area contributed by atoms with Crippen LogP contribution in [0.15, 0.2) is 71.6 Å². The van der Waals surface area contributed by atoms with Crippen molar-refractivity contribution in [2.45, 2.75) is 11.4 Å². The first-order valence-electron chi connectivity index (χ1n) is 9.28. The van der Waals surface area contributed by atoms with Crippen LogP contribution < -0.4 is 18.7 Å². The number of carbonyl (C=O) groups is 1. The number of nitrogens with zero attached hydrogens (tertiary/aromatic N) is 2. The summed E-state index contributed by atoms with van der Waals surface area (Å²) in [5.74, 6) is 0.268. The summed E-state index contributed by atoms with van der Waals surface area (Å²) in [6, 6.07) is 15.6. The van der Waals surface area contributed by atoms with Crippen LogP contribution in [0.25, 0.3) is 0 Å². The Morgan fingerprint density at radius 2 is 1.52 bits per heavy atom. The fourth-order valence-electron chi connectivity index (χ4n) is 3.40. The van der Waals surface area contributed by atoms with Gasteiger partial charge in [-0.2, -0.15) is 4.31 Å². The number of anilines is 2. The molecule has 7 nitrogen and oxygen atoms in total. The van der Waals surface area contributed by atoms with E-state index in [1.807, 2.05) is 0 Å². The van der Waals surface area contributed by atoms with Crippen LogP contribution in [0, 0.1) is 5.82 Å². The van der Waals surface area contributed by atoms with Gasteiger partial charge in [-0.25, -0.2) is 17.6 Å². The molecule has 0 unspecified atom stereocenters. The lowest BCUT2D eigenvalue weighted by molar-refractivity contribution is 0.253. The van der Waals surface area contributed by atoms with Crippen molar-refractivity contribution in [1.82, 2.24) is 0 Å². The van der Waals surface area contributed by atoms with Crippen molar-refractivity contribution in [3.63, 3.8) is 0 Å². The van der Waals surface area contributed by atoms with Gasteiger partial charge in [0.2, 0.25) is 0 Å². The molecule has 9 heteroatoms. The van der Waals surface area contributed by atoms with Gasteiger partial charge in [0.1, 0.15) is 22.2 Å². The lowest BCUT2D eigenvalue weighted by Crippen LogP contribution is -2.50. The lowest BCUT2D eigenvalue weighted by Gasteiger charge is -2.36. The molecule has 0 fully saturated rings. The molecule has 0 aliphatic carbocycles. The topological polar surface area (TPSA) is 76.2 Å². The first-order valence-corrected chi connectivity index (χ1v) is 10.7. The zero-order valence-electron chi connectivity index (χ0n) is 16.8. The van der Waals surface area contributed by atoms with Gasteiger partial charge in [-0.15, -0.1) is 0 Å². The second-order valence-electron chi connectivity index (χ2n) is 6.80. The minimum absolute atomic E-state index is 0.0153. The number of halogens is 1. The molecule has 0 N–H and O–H groups in total. The number of amides is 2. The van der Waals surface area contributed by atoms with Crippen molar-refractivity contribution in [1.29, 1.82) is 0 Å². The molecule has 3 aromatic rings. The van der Waals surface area contributed by atoms with Gasteiger partial charge in [0, 0.05) is 18.2 Å². The van der Waals surface area contributed by atoms with Gasteiger partial charge in [-0.1, -0.05) is 24.3 Å². The van der Waals surface area contributed by atoms with Crippen LogP contribution >= 0.6 is 0 Å². The number of fused-ring (bicyclic) bond motifs is 1. The number of sulfonamides is 1. The Labute approximate surface area is 179 Å². The Morgan fingerprint density at radius 1 is 0.903 bits per heavy atom. The van der Waals surface area contributed by atoms with Crippen LogP contribution in [0.2, 0.25) is 0 Å². The maximum atomic E-state index is 13.5. The summed E-state index contributed by atoms with van der Waals surface area (Å²) in [7, 11) is -1.33. The highest BCUT2D eigenvalue weighted by Gasteiger charge is 2.42. The molecule has 2 amide bonds. The third kappa shape index (κ3) is 3.68. The van der Waals surface area contributed by atoms with E-state index >= 15 is 0 Å². The fraction of sp³-hybridized carbons (Fsp3) is 0.136. The maximum absolute atomic E-state index is 13.5. The average molecular weight is 442 g/mol. The molecule has 3 aromatic carbocycles. The van der Waals surface area contributed by atoms with Crippen LogP contribution in [0.1, 0.15) is 5.56 Å². The zero-order chi connectivity index (χ0) is 22.2. The molecule has 0 spiro atoms. The zero-order valence-corrected chi connectivity index (χ0v) is 17.6. The largest absolute Gasteiger partial charge is 0.497 e. The molecule has 160 valence electrons. The molecule has 1 aliphatic rings. The Bertz CT molecular complexity index is 1220. The van der Waals surface area contributed by atoms with E-state index in [-0.39, 0.29) is 22.8 Å². The molecule has 0 radical (unpaired) electrons. The number of rotatable bonds is 5.